The maximum atomic E-state index is 13.5. The molecule has 2 aliphatic rings. The zero-order valence-electron chi connectivity index (χ0n) is 18.9. The van der Waals surface area contributed by atoms with Crippen molar-refractivity contribution in [2.24, 2.45) is 5.92 Å². The topological polar surface area (TPSA) is 52.7 Å². The minimum atomic E-state index is -0.0604. The number of hydrogen-bond donors (Lipinski definition) is 1. The van der Waals surface area contributed by atoms with Gasteiger partial charge in [-0.1, -0.05) is 25.1 Å². The van der Waals surface area contributed by atoms with Crippen molar-refractivity contribution in [3.05, 3.63) is 54.1 Å². The number of hydrogen-bond acceptors (Lipinski definition) is 4. The molecule has 0 spiro atoms. The van der Waals surface area contributed by atoms with E-state index in [0.717, 1.165) is 68.0 Å². The van der Waals surface area contributed by atoms with Crippen LogP contribution in [0.5, 0.6) is 0 Å². The second kappa shape index (κ2) is 10.9. The molecule has 32 heavy (non-hydrogen) atoms. The van der Waals surface area contributed by atoms with E-state index in [1.165, 1.54) is 18.2 Å². The lowest BCUT2D eigenvalue weighted by Gasteiger charge is -2.34. The average Bonchev–Trinajstić information content (AvgIpc) is 2.84. The number of anilines is 2. The van der Waals surface area contributed by atoms with Gasteiger partial charge in [-0.05, 0) is 68.4 Å². The van der Waals surface area contributed by atoms with Gasteiger partial charge >= 0.3 is 0 Å². The number of likely N-dealkylation sites (tertiary alicyclic amines) is 1. The van der Waals surface area contributed by atoms with Crippen LogP contribution in [0.1, 0.15) is 49.4 Å². The molecule has 0 saturated carbocycles. The Balaban J connectivity index is 1.50. The molecule has 0 aliphatic carbocycles. The van der Waals surface area contributed by atoms with Crippen LogP contribution in [-0.4, -0.2) is 48.6 Å². The van der Waals surface area contributed by atoms with E-state index < -0.39 is 0 Å². The van der Waals surface area contributed by atoms with E-state index in [1.54, 1.807) is 0 Å². The van der Waals surface area contributed by atoms with Gasteiger partial charge in [-0.3, -0.25) is 9.59 Å². The van der Waals surface area contributed by atoms with Crippen molar-refractivity contribution in [1.29, 1.82) is 0 Å². The molecule has 2 saturated heterocycles. The minimum absolute atomic E-state index is 0.0604. The van der Waals surface area contributed by atoms with E-state index in [4.69, 9.17) is 0 Å². The highest BCUT2D eigenvalue weighted by Crippen LogP contribution is 2.30. The van der Waals surface area contributed by atoms with Gasteiger partial charge in [0.1, 0.15) is 0 Å². The maximum absolute atomic E-state index is 13.5. The number of benzene rings is 2. The third-order valence-corrected chi connectivity index (χ3v) is 7.40. The van der Waals surface area contributed by atoms with E-state index in [9.17, 15) is 9.59 Å². The molecule has 2 aromatic rings. The van der Waals surface area contributed by atoms with Crippen molar-refractivity contribution in [1.82, 2.24) is 4.90 Å². The van der Waals surface area contributed by atoms with Crippen LogP contribution in [0.15, 0.2) is 53.4 Å². The third kappa shape index (κ3) is 5.85. The van der Waals surface area contributed by atoms with Crippen molar-refractivity contribution in [2.45, 2.75) is 43.9 Å². The van der Waals surface area contributed by atoms with Crippen LogP contribution in [0.4, 0.5) is 11.4 Å². The first-order valence-corrected chi connectivity index (χ1v) is 12.7. The van der Waals surface area contributed by atoms with Crippen LogP contribution in [0.25, 0.3) is 0 Å². The number of nitrogens with zero attached hydrogens (tertiary/aromatic N) is 2. The Bertz CT molecular complexity index is 920. The first kappa shape index (κ1) is 22.7. The molecule has 0 radical (unpaired) electrons. The summed E-state index contributed by atoms with van der Waals surface area (Å²) in [6.45, 7) is 5.84. The van der Waals surface area contributed by atoms with Gasteiger partial charge in [-0.2, -0.15) is 0 Å². The van der Waals surface area contributed by atoms with Crippen molar-refractivity contribution in [2.75, 3.05) is 42.1 Å². The molecule has 2 aliphatic heterocycles. The lowest BCUT2D eigenvalue weighted by molar-refractivity contribution is -0.113. The third-order valence-electron chi connectivity index (χ3n) is 6.39. The Morgan fingerprint density at radius 3 is 2.41 bits per heavy atom. The number of carbonyl (C=O) groups is 2. The second-order valence-corrected chi connectivity index (χ2v) is 9.95. The molecule has 5 nitrogen and oxygen atoms in total. The van der Waals surface area contributed by atoms with Crippen molar-refractivity contribution >= 4 is 35.0 Å². The van der Waals surface area contributed by atoms with Crippen molar-refractivity contribution in [3.8, 4) is 0 Å². The molecule has 0 aromatic heterocycles. The molecule has 6 heteroatoms. The van der Waals surface area contributed by atoms with Gasteiger partial charge in [-0.25, -0.2) is 0 Å². The predicted octanol–water partition coefficient (Wildman–Crippen LogP) is 5.28. The SMILES string of the molecule is CC1CCN(C(=O)c2cc(NC(=O)CSc3ccccc3)ccc2N2CCCCC2)CC1. The molecule has 2 aromatic carbocycles. The number of amides is 2. The van der Waals surface area contributed by atoms with E-state index in [-0.39, 0.29) is 11.8 Å². The highest BCUT2D eigenvalue weighted by Gasteiger charge is 2.26. The van der Waals surface area contributed by atoms with Crippen LogP contribution in [0.2, 0.25) is 0 Å². The number of nitrogens with one attached hydrogen (secondary N) is 1. The van der Waals surface area contributed by atoms with Crippen LogP contribution in [0.3, 0.4) is 0 Å². The number of rotatable bonds is 6. The molecular formula is C26H33N3O2S. The van der Waals surface area contributed by atoms with E-state index in [0.29, 0.717) is 17.4 Å². The Labute approximate surface area is 195 Å². The van der Waals surface area contributed by atoms with E-state index in [2.05, 4.69) is 17.1 Å². The van der Waals surface area contributed by atoms with Gasteiger partial charge in [0, 0.05) is 42.4 Å². The maximum Gasteiger partial charge on any atom is 0.256 e. The largest absolute Gasteiger partial charge is 0.371 e. The first-order valence-electron chi connectivity index (χ1n) is 11.8. The average molecular weight is 452 g/mol. The fraction of sp³-hybridized carbons (Fsp3) is 0.462. The highest BCUT2D eigenvalue weighted by molar-refractivity contribution is 8.00. The lowest BCUT2D eigenvalue weighted by Crippen LogP contribution is -2.39. The van der Waals surface area contributed by atoms with Crippen LogP contribution < -0.4 is 10.2 Å². The Kier molecular flexibility index (Phi) is 7.74. The highest BCUT2D eigenvalue weighted by atomic mass is 32.2. The van der Waals surface area contributed by atoms with Gasteiger partial charge in [-0.15, -0.1) is 11.8 Å². The second-order valence-electron chi connectivity index (χ2n) is 8.90. The molecule has 1 N–H and O–H groups in total. The molecule has 2 heterocycles. The summed E-state index contributed by atoms with van der Waals surface area (Å²) in [5.41, 5.74) is 2.41. The van der Waals surface area contributed by atoms with E-state index >= 15 is 0 Å². The van der Waals surface area contributed by atoms with Gasteiger partial charge in [0.2, 0.25) is 5.91 Å². The number of carbonyl (C=O) groups excluding carboxylic acids is 2. The van der Waals surface area contributed by atoms with Crippen molar-refractivity contribution in [3.63, 3.8) is 0 Å². The summed E-state index contributed by atoms with van der Waals surface area (Å²) in [4.78, 5) is 31.4. The molecule has 0 unspecified atom stereocenters. The normalized spacial score (nSPS) is 17.3. The molecule has 4 rings (SSSR count). The molecule has 170 valence electrons. The molecular weight excluding hydrogens is 418 g/mol. The summed E-state index contributed by atoms with van der Waals surface area (Å²) >= 11 is 1.51. The smallest absolute Gasteiger partial charge is 0.256 e. The zero-order valence-corrected chi connectivity index (χ0v) is 19.7. The van der Waals surface area contributed by atoms with E-state index in [1.807, 2.05) is 53.4 Å². The summed E-state index contributed by atoms with van der Waals surface area (Å²) in [5.74, 6) is 1.04. The fourth-order valence-electron chi connectivity index (χ4n) is 4.44. The van der Waals surface area contributed by atoms with Crippen molar-refractivity contribution < 1.29 is 9.59 Å². The zero-order chi connectivity index (χ0) is 22.3. The summed E-state index contributed by atoms with van der Waals surface area (Å²) in [7, 11) is 0. The molecule has 2 amide bonds. The Hall–Kier alpha value is -2.47. The molecule has 2 fully saturated rings. The Morgan fingerprint density at radius 2 is 1.69 bits per heavy atom. The summed E-state index contributed by atoms with van der Waals surface area (Å²) in [6.07, 6.45) is 5.67. The Morgan fingerprint density at radius 1 is 0.969 bits per heavy atom. The van der Waals surface area contributed by atoms with Crippen LogP contribution in [-0.2, 0) is 4.79 Å². The monoisotopic (exact) mass is 451 g/mol. The number of thioether (sulfide) groups is 1. The van der Waals surface area contributed by atoms with Gasteiger partial charge in [0.25, 0.3) is 5.91 Å². The quantitative estimate of drug-likeness (QED) is 0.607. The van der Waals surface area contributed by atoms with Gasteiger partial charge in [0.05, 0.1) is 11.3 Å². The van der Waals surface area contributed by atoms with Gasteiger partial charge in [0.15, 0.2) is 0 Å². The molecule has 0 atom stereocenters. The molecule has 0 bridgehead atoms. The minimum Gasteiger partial charge on any atom is -0.371 e. The lowest BCUT2D eigenvalue weighted by atomic mass is 9.98. The number of piperidine rings is 2. The van der Waals surface area contributed by atoms with Crippen LogP contribution >= 0.6 is 11.8 Å². The van der Waals surface area contributed by atoms with Crippen LogP contribution in [0, 0.1) is 5.92 Å². The fourth-order valence-corrected chi connectivity index (χ4v) is 5.16. The summed E-state index contributed by atoms with van der Waals surface area (Å²) < 4.78 is 0. The first-order chi connectivity index (χ1) is 15.6. The summed E-state index contributed by atoms with van der Waals surface area (Å²) in [6, 6.07) is 15.8. The van der Waals surface area contributed by atoms with Gasteiger partial charge < -0.3 is 15.1 Å². The predicted molar refractivity (Wildman–Crippen MR) is 133 cm³/mol. The standard InChI is InChI=1S/C26H33N3O2S/c1-20-12-16-29(17-13-20)26(31)23-18-21(10-11-24(23)28-14-6-3-7-15-28)27-25(30)19-32-22-8-4-2-5-9-22/h2,4-5,8-11,18,20H,3,6-7,12-17,19H2,1H3,(H,27,30). The summed E-state index contributed by atoms with van der Waals surface area (Å²) in [5, 5.41) is 3.00.